The average Bonchev–Trinajstić information content (AvgIpc) is 3.10. The van der Waals surface area contributed by atoms with E-state index in [4.69, 9.17) is 4.74 Å². The van der Waals surface area contributed by atoms with E-state index in [0.29, 0.717) is 4.88 Å². The lowest BCUT2D eigenvalue weighted by Gasteiger charge is -2.20. The Labute approximate surface area is 133 Å². The standard InChI is InChI=1S/C15H20N2O4S/c1-9(2)13(17-14(19)11-4-3-7-22-11)15(20)21-8-12(18)16-10-5-6-10/h3-4,7,9-10,13H,5-6,8H2,1-2H3,(H,16,18)(H,17,19)/t13-/m0/s1. The fraction of sp³-hybridized carbons (Fsp3) is 0.533. The number of carbonyl (C=O) groups excluding carboxylic acids is 3. The first-order valence-electron chi connectivity index (χ1n) is 7.27. The molecule has 1 aliphatic carbocycles. The van der Waals surface area contributed by atoms with Gasteiger partial charge in [0.15, 0.2) is 6.61 Å². The molecule has 120 valence electrons. The molecule has 0 aliphatic heterocycles. The monoisotopic (exact) mass is 324 g/mol. The highest BCUT2D eigenvalue weighted by molar-refractivity contribution is 7.12. The molecule has 22 heavy (non-hydrogen) atoms. The highest BCUT2D eigenvalue weighted by Gasteiger charge is 2.28. The van der Waals surface area contributed by atoms with Crippen molar-refractivity contribution in [3.63, 3.8) is 0 Å². The summed E-state index contributed by atoms with van der Waals surface area (Å²) in [6, 6.07) is 2.91. The van der Waals surface area contributed by atoms with Gasteiger partial charge in [-0.25, -0.2) is 4.79 Å². The summed E-state index contributed by atoms with van der Waals surface area (Å²) in [6.45, 7) is 3.31. The number of thiophene rings is 1. The van der Waals surface area contributed by atoms with Crippen molar-refractivity contribution in [2.75, 3.05) is 6.61 Å². The molecular formula is C15H20N2O4S. The van der Waals surface area contributed by atoms with Crippen LogP contribution in [0.4, 0.5) is 0 Å². The van der Waals surface area contributed by atoms with Crippen molar-refractivity contribution < 1.29 is 19.1 Å². The molecule has 1 heterocycles. The predicted octanol–water partition coefficient (Wildman–Crippen LogP) is 1.32. The molecular weight excluding hydrogens is 304 g/mol. The van der Waals surface area contributed by atoms with Gasteiger partial charge >= 0.3 is 5.97 Å². The van der Waals surface area contributed by atoms with Crippen molar-refractivity contribution >= 4 is 29.1 Å². The van der Waals surface area contributed by atoms with Gasteiger partial charge in [-0.3, -0.25) is 9.59 Å². The van der Waals surface area contributed by atoms with Crippen molar-refractivity contribution in [1.29, 1.82) is 0 Å². The number of esters is 1. The number of carbonyl (C=O) groups is 3. The van der Waals surface area contributed by atoms with E-state index in [1.54, 1.807) is 17.5 Å². The maximum Gasteiger partial charge on any atom is 0.329 e. The van der Waals surface area contributed by atoms with Crippen LogP contribution in [0.1, 0.15) is 36.4 Å². The van der Waals surface area contributed by atoms with E-state index in [1.165, 1.54) is 11.3 Å². The predicted molar refractivity (Wildman–Crippen MR) is 82.5 cm³/mol. The highest BCUT2D eigenvalue weighted by atomic mass is 32.1. The second kappa shape index (κ2) is 7.40. The third-order valence-corrected chi connectivity index (χ3v) is 4.11. The van der Waals surface area contributed by atoms with Crippen LogP contribution in [0, 0.1) is 5.92 Å². The van der Waals surface area contributed by atoms with Crippen molar-refractivity contribution in [3.05, 3.63) is 22.4 Å². The maximum absolute atomic E-state index is 12.1. The van der Waals surface area contributed by atoms with E-state index < -0.39 is 12.0 Å². The normalized spacial score (nSPS) is 15.2. The quantitative estimate of drug-likeness (QED) is 0.741. The molecule has 1 aromatic rings. The zero-order valence-electron chi connectivity index (χ0n) is 12.6. The smallest absolute Gasteiger partial charge is 0.329 e. The molecule has 0 bridgehead atoms. The second-order valence-corrected chi connectivity index (χ2v) is 6.57. The van der Waals surface area contributed by atoms with Crippen LogP contribution in [0.2, 0.25) is 0 Å². The van der Waals surface area contributed by atoms with E-state index in [-0.39, 0.29) is 30.4 Å². The molecule has 1 aromatic heterocycles. The minimum Gasteiger partial charge on any atom is -0.454 e. The summed E-state index contributed by atoms with van der Waals surface area (Å²) in [4.78, 5) is 36.2. The summed E-state index contributed by atoms with van der Waals surface area (Å²) in [5, 5.41) is 7.19. The van der Waals surface area contributed by atoms with E-state index in [1.807, 2.05) is 13.8 Å². The van der Waals surface area contributed by atoms with Gasteiger partial charge in [0.1, 0.15) is 6.04 Å². The SMILES string of the molecule is CC(C)[C@H](NC(=O)c1cccs1)C(=O)OCC(=O)NC1CC1. The van der Waals surface area contributed by atoms with Gasteiger partial charge < -0.3 is 15.4 Å². The van der Waals surface area contributed by atoms with Crippen LogP contribution < -0.4 is 10.6 Å². The van der Waals surface area contributed by atoms with Crippen LogP contribution in [-0.4, -0.2) is 36.5 Å². The van der Waals surface area contributed by atoms with Crippen LogP contribution in [0.25, 0.3) is 0 Å². The van der Waals surface area contributed by atoms with Crippen molar-refractivity contribution in [2.45, 2.75) is 38.8 Å². The molecule has 2 rings (SSSR count). The lowest BCUT2D eigenvalue weighted by Crippen LogP contribution is -2.46. The Morgan fingerprint density at radius 1 is 1.36 bits per heavy atom. The molecule has 1 saturated carbocycles. The molecule has 2 N–H and O–H groups in total. The van der Waals surface area contributed by atoms with Crippen molar-refractivity contribution in [2.24, 2.45) is 5.92 Å². The van der Waals surface area contributed by atoms with E-state index >= 15 is 0 Å². The van der Waals surface area contributed by atoms with Crippen LogP contribution in [0.3, 0.4) is 0 Å². The van der Waals surface area contributed by atoms with Crippen LogP contribution in [0.5, 0.6) is 0 Å². The largest absolute Gasteiger partial charge is 0.454 e. The summed E-state index contributed by atoms with van der Waals surface area (Å²) in [5.41, 5.74) is 0. The summed E-state index contributed by atoms with van der Waals surface area (Å²) in [6.07, 6.45) is 1.95. The van der Waals surface area contributed by atoms with Gasteiger partial charge in [-0.15, -0.1) is 11.3 Å². The minimum atomic E-state index is -0.775. The van der Waals surface area contributed by atoms with E-state index in [9.17, 15) is 14.4 Å². The zero-order valence-corrected chi connectivity index (χ0v) is 13.4. The van der Waals surface area contributed by atoms with Gasteiger partial charge in [0.2, 0.25) is 0 Å². The summed E-state index contributed by atoms with van der Waals surface area (Å²) >= 11 is 1.30. The Morgan fingerprint density at radius 3 is 2.64 bits per heavy atom. The molecule has 1 aliphatic rings. The molecule has 1 atom stereocenters. The highest BCUT2D eigenvalue weighted by Crippen LogP contribution is 2.18. The first-order valence-corrected chi connectivity index (χ1v) is 8.15. The number of nitrogens with one attached hydrogen (secondary N) is 2. The Kier molecular flexibility index (Phi) is 5.54. The number of amides is 2. The van der Waals surface area contributed by atoms with Gasteiger partial charge in [0.05, 0.1) is 4.88 Å². The topological polar surface area (TPSA) is 84.5 Å². The second-order valence-electron chi connectivity index (χ2n) is 5.62. The number of hydrogen-bond donors (Lipinski definition) is 2. The van der Waals surface area contributed by atoms with Gasteiger partial charge in [-0.1, -0.05) is 19.9 Å². The first-order chi connectivity index (χ1) is 10.5. The average molecular weight is 324 g/mol. The number of rotatable bonds is 7. The van der Waals surface area contributed by atoms with Gasteiger partial charge in [0.25, 0.3) is 11.8 Å². The van der Waals surface area contributed by atoms with Crippen LogP contribution in [-0.2, 0) is 14.3 Å². The molecule has 0 saturated heterocycles. The fourth-order valence-electron chi connectivity index (χ4n) is 1.84. The third kappa shape index (κ3) is 4.84. The molecule has 0 radical (unpaired) electrons. The third-order valence-electron chi connectivity index (χ3n) is 3.24. The minimum absolute atomic E-state index is 0.136. The van der Waals surface area contributed by atoms with Crippen molar-refractivity contribution in [1.82, 2.24) is 10.6 Å². The Balaban J connectivity index is 1.84. The molecule has 0 spiro atoms. The first kappa shape index (κ1) is 16.5. The summed E-state index contributed by atoms with van der Waals surface area (Å²) < 4.78 is 5.01. The maximum atomic E-state index is 12.1. The summed E-state index contributed by atoms with van der Waals surface area (Å²) in [7, 11) is 0. The number of hydrogen-bond acceptors (Lipinski definition) is 5. The van der Waals surface area contributed by atoms with Gasteiger partial charge in [-0.2, -0.15) is 0 Å². The summed E-state index contributed by atoms with van der Waals surface area (Å²) in [5.74, 6) is -1.34. The van der Waals surface area contributed by atoms with Crippen LogP contribution in [0.15, 0.2) is 17.5 Å². The number of ether oxygens (including phenoxy) is 1. The lowest BCUT2D eigenvalue weighted by molar-refractivity contribution is -0.151. The molecule has 0 aromatic carbocycles. The van der Waals surface area contributed by atoms with Crippen LogP contribution >= 0.6 is 11.3 Å². The van der Waals surface area contributed by atoms with Gasteiger partial charge in [0, 0.05) is 6.04 Å². The molecule has 0 unspecified atom stereocenters. The fourth-order valence-corrected chi connectivity index (χ4v) is 2.47. The molecule has 2 amide bonds. The molecule has 6 nitrogen and oxygen atoms in total. The van der Waals surface area contributed by atoms with Gasteiger partial charge in [-0.05, 0) is 30.2 Å². The Bertz CT molecular complexity index is 538. The Hall–Kier alpha value is -1.89. The van der Waals surface area contributed by atoms with Crippen molar-refractivity contribution in [3.8, 4) is 0 Å². The van der Waals surface area contributed by atoms with E-state index in [2.05, 4.69) is 10.6 Å². The molecule has 7 heteroatoms. The lowest BCUT2D eigenvalue weighted by atomic mass is 10.0. The van der Waals surface area contributed by atoms with E-state index in [0.717, 1.165) is 12.8 Å². The molecule has 1 fully saturated rings. The Morgan fingerprint density at radius 2 is 2.09 bits per heavy atom. The zero-order chi connectivity index (χ0) is 16.1.